The SMILES string of the molecule is CCn1c(-c2cccc(N)c2)c(C#N)c2ccc(O)cc21. The minimum absolute atomic E-state index is 0.193. The number of nitrogen functional groups attached to an aromatic ring is 1. The van der Waals surface area contributed by atoms with E-state index in [0.29, 0.717) is 17.8 Å². The molecule has 0 bridgehead atoms. The summed E-state index contributed by atoms with van der Waals surface area (Å²) >= 11 is 0. The maximum atomic E-state index is 9.72. The van der Waals surface area contributed by atoms with E-state index in [1.54, 1.807) is 18.2 Å². The van der Waals surface area contributed by atoms with E-state index < -0.39 is 0 Å². The van der Waals surface area contributed by atoms with Crippen molar-refractivity contribution in [2.75, 3.05) is 5.73 Å². The van der Waals surface area contributed by atoms with Crippen LogP contribution in [0.25, 0.3) is 22.2 Å². The van der Waals surface area contributed by atoms with Gasteiger partial charge in [0, 0.05) is 29.2 Å². The number of hydrogen-bond acceptors (Lipinski definition) is 3. The van der Waals surface area contributed by atoms with E-state index in [1.807, 2.05) is 35.8 Å². The van der Waals surface area contributed by atoms with Crippen molar-refractivity contribution in [3.8, 4) is 23.1 Å². The van der Waals surface area contributed by atoms with Gasteiger partial charge in [0.15, 0.2) is 0 Å². The van der Waals surface area contributed by atoms with Crippen molar-refractivity contribution in [3.05, 3.63) is 48.0 Å². The molecule has 4 heteroatoms. The van der Waals surface area contributed by atoms with E-state index in [1.165, 1.54) is 0 Å². The molecular formula is C17H15N3O. The Labute approximate surface area is 122 Å². The summed E-state index contributed by atoms with van der Waals surface area (Å²) in [6.45, 7) is 2.71. The molecule has 0 spiro atoms. The highest BCUT2D eigenvalue weighted by atomic mass is 16.3. The van der Waals surface area contributed by atoms with Crippen molar-refractivity contribution in [1.29, 1.82) is 5.26 Å². The number of fused-ring (bicyclic) bond motifs is 1. The van der Waals surface area contributed by atoms with E-state index >= 15 is 0 Å². The highest BCUT2D eigenvalue weighted by Crippen LogP contribution is 2.35. The van der Waals surface area contributed by atoms with Crippen LogP contribution in [0, 0.1) is 11.3 Å². The van der Waals surface area contributed by atoms with Crippen molar-refractivity contribution in [3.63, 3.8) is 0 Å². The molecule has 2 aromatic carbocycles. The average Bonchev–Trinajstić information content (AvgIpc) is 2.79. The van der Waals surface area contributed by atoms with Crippen LogP contribution >= 0.6 is 0 Å². The van der Waals surface area contributed by atoms with Crippen LogP contribution in [0.4, 0.5) is 5.69 Å². The van der Waals surface area contributed by atoms with Gasteiger partial charge in [-0.3, -0.25) is 0 Å². The summed E-state index contributed by atoms with van der Waals surface area (Å²) in [6, 6.07) is 14.9. The number of aromatic hydroxyl groups is 1. The molecule has 3 rings (SSSR count). The highest BCUT2D eigenvalue weighted by Gasteiger charge is 2.18. The fraction of sp³-hybridized carbons (Fsp3) is 0.118. The van der Waals surface area contributed by atoms with Crippen LogP contribution in [-0.4, -0.2) is 9.67 Å². The minimum atomic E-state index is 0.193. The number of aromatic nitrogens is 1. The molecule has 0 saturated carbocycles. The minimum Gasteiger partial charge on any atom is -0.508 e. The molecule has 3 aromatic rings. The van der Waals surface area contributed by atoms with Crippen molar-refractivity contribution in [1.82, 2.24) is 4.57 Å². The number of nitrogens with zero attached hydrogens (tertiary/aromatic N) is 2. The molecule has 0 unspecified atom stereocenters. The lowest BCUT2D eigenvalue weighted by Crippen LogP contribution is -1.98. The summed E-state index contributed by atoms with van der Waals surface area (Å²) in [5.41, 5.74) is 9.73. The lowest BCUT2D eigenvalue weighted by molar-refractivity contribution is 0.476. The fourth-order valence-corrected chi connectivity index (χ4v) is 2.77. The molecule has 0 fully saturated rings. The van der Waals surface area contributed by atoms with E-state index in [-0.39, 0.29) is 5.75 Å². The smallest absolute Gasteiger partial charge is 0.117 e. The lowest BCUT2D eigenvalue weighted by Gasteiger charge is -2.09. The number of hydrogen-bond donors (Lipinski definition) is 2. The maximum absolute atomic E-state index is 9.72. The zero-order valence-electron chi connectivity index (χ0n) is 11.7. The predicted octanol–water partition coefficient (Wildman–Crippen LogP) is 3.49. The van der Waals surface area contributed by atoms with Gasteiger partial charge in [0.05, 0.1) is 16.8 Å². The summed E-state index contributed by atoms with van der Waals surface area (Å²) in [7, 11) is 0. The number of nitriles is 1. The van der Waals surface area contributed by atoms with E-state index in [2.05, 4.69) is 6.07 Å². The van der Waals surface area contributed by atoms with Crippen LogP contribution in [0.3, 0.4) is 0 Å². The molecule has 0 aliphatic rings. The second kappa shape index (κ2) is 4.88. The zero-order valence-corrected chi connectivity index (χ0v) is 11.7. The quantitative estimate of drug-likeness (QED) is 0.704. The van der Waals surface area contributed by atoms with Crippen LogP contribution in [-0.2, 0) is 6.54 Å². The van der Waals surface area contributed by atoms with Gasteiger partial charge in [0.1, 0.15) is 11.8 Å². The Morgan fingerprint density at radius 1 is 1.24 bits per heavy atom. The maximum Gasteiger partial charge on any atom is 0.117 e. The van der Waals surface area contributed by atoms with Gasteiger partial charge in [0.25, 0.3) is 0 Å². The lowest BCUT2D eigenvalue weighted by atomic mass is 10.1. The molecule has 0 atom stereocenters. The monoisotopic (exact) mass is 277 g/mol. The molecule has 104 valence electrons. The normalized spacial score (nSPS) is 10.7. The van der Waals surface area contributed by atoms with Gasteiger partial charge in [0.2, 0.25) is 0 Å². The van der Waals surface area contributed by atoms with Gasteiger partial charge in [-0.2, -0.15) is 5.26 Å². The first-order chi connectivity index (χ1) is 10.2. The summed E-state index contributed by atoms with van der Waals surface area (Å²) in [5.74, 6) is 0.193. The topological polar surface area (TPSA) is 75.0 Å². The number of phenolic OH excluding ortho intramolecular Hbond substituents is 1. The summed E-state index contributed by atoms with van der Waals surface area (Å²) in [6.07, 6.45) is 0. The van der Waals surface area contributed by atoms with E-state index in [0.717, 1.165) is 22.2 Å². The van der Waals surface area contributed by atoms with Crippen molar-refractivity contribution in [2.24, 2.45) is 0 Å². The molecular weight excluding hydrogens is 262 g/mol. The van der Waals surface area contributed by atoms with Crippen molar-refractivity contribution in [2.45, 2.75) is 13.5 Å². The summed E-state index contributed by atoms with van der Waals surface area (Å²) in [5, 5.41) is 20.1. The third kappa shape index (κ3) is 2.00. The molecule has 1 aromatic heterocycles. The van der Waals surface area contributed by atoms with E-state index in [9.17, 15) is 10.4 Å². The second-order valence-corrected chi connectivity index (χ2v) is 4.91. The molecule has 4 nitrogen and oxygen atoms in total. The standard InChI is InChI=1S/C17H15N3O/c1-2-20-16-9-13(21)6-7-14(16)15(10-18)17(20)11-4-3-5-12(19)8-11/h3-9,21H,2,19H2,1H3. The molecule has 0 saturated heterocycles. The average molecular weight is 277 g/mol. The Balaban J connectivity index is 2.44. The predicted molar refractivity (Wildman–Crippen MR) is 83.8 cm³/mol. The number of rotatable bonds is 2. The third-order valence-electron chi connectivity index (χ3n) is 3.64. The number of phenols is 1. The first-order valence-corrected chi connectivity index (χ1v) is 6.77. The Kier molecular flexibility index (Phi) is 3.03. The summed E-state index contributed by atoms with van der Waals surface area (Å²) < 4.78 is 2.03. The summed E-state index contributed by atoms with van der Waals surface area (Å²) in [4.78, 5) is 0. The van der Waals surface area contributed by atoms with Crippen LogP contribution < -0.4 is 5.73 Å². The second-order valence-electron chi connectivity index (χ2n) is 4.91. The number of aryl methyl sites for hydroxylation is 1. The Bertz CT molecular complexity index is 872. The zero-order chi connectivity index (χ0) is 15.0. The molecule has 0 aliphatic heterocycles. The Morgan fingerprint density at radius 3 is 2.71 bits per heavy atom. The molecule has 3 N–H and O–H groups in total. The molecule has 0 aliphatic carbocycles. The van der Waals surface area contributed by atoms with Gasteiger partial charge in [-0.25, -0.2) is 0 Å². The van der Waals surface area contributed by atoms with Gasteiger partial charge in [-0.15, -0.1) is 0 Å². The van der Waals surface area contributed by atoms with Crippen molar-refractivity contribution >= 4 is 16.6 Å². The fourth-order valence-electron chi connectivity index (χ4n) is 2.77. The number of benzene rings is 2. The Morgan fingerprint density at radius 2 is 2.05 bits per heavy atom. The van der Waals surface area contributed by atoms with Gasteiger partial charge in [-0.1, -0.05) is 12.1 Å². The highest BCUT2D eigenvalue weighted by molar-refractivity contribution is 5.95. The molecule has 0 amide bonds. The first kappa shape index (κ1) is 13.1. The van der Waals surface area contributed by atoms with Crippen molar-refractivity contribution < 1.29 is 5.11 Å². The molecule has 21 heavy (non-hydrogen) atoms. The van der Waals surface area contributed by atoms with Crippen LogP contribution in [0.2, 0.25) is 0 Å². The van der Waals surface area contributed by atoms with Crippen LogP contribution in [0.1, 0.15) is 12.5 Å². The molecule has 0 radical (unpaired) electrons. The van der Waals surface area contributed by atoms with Gasteiger partial charge >= 0.3 is 0 Å². The third-order valence-corrected chi connectivity index (χ3v) is 3.64. The largest absolute Gasteiger partial charge is 0.508 e. The number of nitrogens with two attached hydrogens (primary N) is 1. The number of anilines is 1. The Hall–Kier alpha value is -2.93. The molecule has 1 heterocycles. The van der Waals surface area contributed by atoms with Crippen LogP contribution in [0.15, 0.2) is 42.5 Å². The van der Waals surface area contributed by atoms with Crippen LogP contribution in [0.5, 0.6) is 5.75 Å². The van der Waals surface area contributed by atoms with Gasteiger partial charge in [-0.05, 0) is 31.2 Å². The first-order valence-electron chi connectivity index (χ1n) is 6.77. The van der Waals surface area contributed by atoms with E-state index in [4.69, 9.17) is 5.73 Å². The van der Waals surface area contributed by atoms with Gasteiger partial charge < -0.3 is 15.4 Å².